The van der Waals surface area contributed by atoms with Crippen molar-refractivity contribution in [2.75, 3.05) is 0 Å². The Balaban J connectivity index is 2.00. The molecule has 0 spiro atoms. The lowest BCUT2D eigenvalue weighted by atomic mass is 10.2. The average molecular weight is 342 g/mol. The summed E-state index contributed by atoms with van der Waals surface area (Å²) in [5.41, 5.74) is 0.487. The predicted molar refractivity (Wildman–Crippen MR) is 90.6 cm³/mol. The number of thiophene rings is 1. The Morgan fingerprint density at radius 3 is 2.88 bits per heavy atom. The molecule has 0 saturated heterocycles. The number of carboxylic acid groups (broad SMARTS) is 1. The third kappa shape index (κ3) is 1.73. The fraction of sp³-hybridized carbons (Fsp3) is 0.176. The summed E-state index contributed by atoms with van der Waals surface area (Å²) in [4.78, 5) is 28.0. The summed E-state index contributed by atoms with van der Waals surface area (Å²) >= 11 is 1.45. The molecule has 7 heteroatoms. The number of nitrogens with one attached hydrogen (secondary N) is 1. The molecule has 0 aliphatic heterocycles. The van der Waals surface area contributed by atoms with E-state index in [4.69, 9.17) is 0 Å². The minimum atomic E-state index is -1.22. The number of nitrogens with zero attached hydrogens (tertiary/aromatic N) is 1. The van der Waals surface area contributed by atoms with Gasteiger partial charge >= 0.3 is 5.97 Å². The van der Waals surface area contributed by atoms with E-state index in [1.165, 1.54) is 29.7 Å². The number of aromatic carboxylic acids is 1. The standard InChI is InChI=1S/C17H11FN2O3S/c18-7-1-4-9-11(5-7)19-13-12-14(21)10(17(22)23)6-20(8-2-3-8)16(12)24-15(9)13/h1,4-6,8,19H,2-3H2,(H,22,23). The second-order valence-electron chi connectivity index (χ2n) is 6.12. The molecule has 3 heterocycles. The molecule has 5 nitrogen and oxygen atoms in total. The van der Waals surface area contributed by atoms with Gasteiger partial charge in [0.2, 0.25) is 5.43 Å². The van der Waals surface area contributed by atoms with Crippen LogP contribution in [0.15, 0.2) is 29.2 Å². The van der Waals surface area contributed by atoms with E-state index in [1.54, 1.807) is 6.07 Å². The van der Waals surface area contributed by atoms with Crippen molar-refractivity contribution in [1.82, 2.24) is 9.55 Å². The number of carbonyl (C=O) groups is 1. The van der Waals surface area contributed by atoms with Gasteiger partial charge in [0.1, 0.15) is 16.2 Å². The Labute approximate surface area is 137 Å². The van der Waals surface area contributed by atoms with Crippen LogP contribution >= 0.6 is 11.3 Å². The van der Waals surface area contributed by atoms with Crippen molar-refractivity contribution in [3.05, 3.63) is 46.0 Å². The fourth-order valence-corrected chi connectivity index (χ4v) is 4.58. The van der Waals surface area contributed by atoms with Crippen LogP contribution in [-0.2, 0) is 0 Å². The number of benzene rings is 1. The highest BCUT2D eigenvalue weighted by Crippen LogP contribution is 2.42. The topological polar surface area (TPSA) is 75.1 Å². The second kappa shape index (κ2) is 4.45. The lowest BCUT2D eigenvalue weighted by molar-refractivity contribution is 0.0695. The maximum Gasteiger partial charge on any atom is 0.341 e. The molecule has 0 bridgehead atoms. The van der Waals surface area contributed by atoms with Crippen LogP contribution in [0, 0.1) is 5.82 Å². The molecule has 4 aromatic rings. The van der Waals surface area contributed by atoms with Gasteiger partial charge in [-0.2, -0.15) is 0 Å². The van der Waals surface area contributed by atoms with Crippen molar-refractivity contribution in [2.24, 2.45) is 0 Å². The van der Waals surface area contributed by atoms with Crippen molar-refractivity contribution >= 4 is 48.6 Å². The van der Waals surface area contributed by atoms with Crippen LogP contribution in [-0.4, -0.2) is 20.6 Å². The first-order valence-electron chi connectivity index (χ1n) is 7.56. The molecule has 1 aliphatic carbocycles. The van der Waals surface area contributed by atoms with Crippen LogP contribution in [0.5, 0.6) is 0 Å². The van der Waals surface area contributed by atoms with E-state index in [1.807, 2.05) is 4.57 Å². The first-order chi connectivity index (χ1) is 11.5. The number of hydrogen-bond acceptors (Lipinski definition) is 3. The van der Waals surface area contributed by atoms with Crippen LogP contribution in [0.2, 0.25) is 0 Å². The van der Waals surface area contributed by atoms with Gasteiger partial charge in [0.05, 0.1) is 21.1 Å². The van der Waals surface area contributed by atoms with E-state index in [2.05, 4.69) is 4.98 Å². The number of halogens is 1. The largest absolute Gasteiger partial charge is 0.477 e. The van der Waals surface area contributed by atoms with Crippen molar-refractivity contribution in [1.29, 1.82) is 0 Å². The Morgan fingerprint density at radius 1 is 1.38 bits per heavy atom. The molecule has 0 unspecified atom stereocenters. The Kier molecular flexibility index (Phi) is 2.55. The van der Waals surface area contributed by atoms with E-state index in [9.17, 15) is 19.1 Å². The number of H-pyrrole nitrogens is 1. The van der Waals surface area contributed by atoms with E-state index in [0.717, 1.165) is 27.8 Å². The number of pyridine rings is 1. The van der Waals surface area contributed by atoms with Crippen LogP contribution < -0.4 is 5.43 Å². The fourth-order valence-electron chi connectivity index (χ4n) is 3.24. The number of aromatic nitrogens is 2. The van der Waals surface area contributed by atoms with Gasteiger partial charge in [-0.05, 0) is 31.0 Å². The smallest absolute Gasteiger partial charge is 0.341 e. The Hall–Kier alpha value is -2.67. The van der Waals surface area contributed by atoms with Crippen molar-refractivity contribution < 1.29 is 14.3 Å². The third-order valence-corrected chi connectivity index (χ3v) is 5.76. The number of rotatable bonds is 2. The van der Waals surface area contributed by atoms with Crippen LogP contribution in [0.1, 0.15) is 29.2 Å². The molecule has 0 amide bonds. The average Bonchev–Trinajstić information content (AvgIpc) is 3.21. The molecule has 1 fully saturated rings. The maximum atomic E-state index is 13.5. The minimum Gasteiger partial charge on any atom is -0.477 e. The number of fused-ring (bicyclic) bond motifs is 5. The molecule has 1 aromatic carbocycles. The highest BCUT2D eigenvalue weighted by atomic mass is 32.1. The summed E-state index contributed by atoms with van der Waals surface area (Å²) in [6.45, 7) is 0. The van der Waals surface area contributed by atoms with E-state index in [0.29, 0.717) is 16.4 Å². The van der Waals surface area contributed by atoms with Gasteiger partial charge in [0, 0.05) is 17.6 Å². The normalized spacial score (nSPS) is 14.9. The third-order valence-electron chi connectivity index (χ3n) is 4.52. The van der Waals surface area contributed by atoms with Crippen LogP contribution in [0.4, 0.5) is 4.39 Å². The van der Waals surface area contributed by atoms with Gasteiger partial charge in [-0.1, -0.05) is 0 Å². The summed E-state index contributed by atoms with van der Waals surface area (Å²) in [5.74, 6) is -1.58. The Morgan fingerprint density at radius 2 is 2.17 bits per heavy atom. The van der Waals surface area contributed by atoms with Gasteiger partial charge in [-0.15, -0.1) is 11.3 Å². The van der Waals surface area contributed by atoms with Gasteiger partial charge in [-0.25, -0.2) is 9.18 Å². The van der Waals surface area contributed by atoms with Gasteiger partial charge in [0.25, 0.3) is 0 Å². The quantitative estimate of drug-likeness (QED) is 0.581. The maximum absolute atomic E-state index is 13.5. The molecule has 1 saturated carbocycles. The highest BCUT2D eigenvalue weighted by Gasteiger charge is 2.29. The zero-order chi connectivity index (χ0) is 16.6. The zero-order valence-electron chi connectivity index (χ0n) is 12.3. The van der Waals surface area contributed by atoms with E-state index in [-0.39, 0.29) is 17.4 Å². The van der Waals surface area contributed by atoms with Crippen molar-refractivity contribution in [3.8, 4) is 0 Å². The first kappa shape index (κ1) is 13.7. The van der Waals surface area contributed by atoms with Crippen molar-refractivity contribution in [2.45, 2.75) is 18.9 Å². The minimum absolute atomic E-state index is 0.223. The molecule has 3 aromatic heterocycles. The monoisotopic (exact) mass is 342 g/mol. The zero-order valence-corrected chi connectivity index (χ0v) is 13.1. The summed E-state index contributed by atoms with van der Waals surface area (Å²) in [5, 5.41) is 10.6. The highest BCUT2D eigenvalue weighted by molar-refractivity contribution is 7.26. The molecule has 5 rings (SSSR count). The molecule has 1 aliphatic rings. The predicted octanol–water partition coefficient (Wildman–Crippen LogP) is 3.87. The molecule has 0 atom stereocenters. The number of hydrogen-bond donors (Lipinski definition) is 2. The van der Waals surface area contributed by atoms with Crippen LogP contribution in [0.3, 0.4) is 0 Å². The molecule has 24 heavy (non-hydrogen) atoms. The lowest BCUT2D eigenvalue weighted by Gasteiger charge is -2.07. The second-order valence-corrected chi connectivity index (χ2v) is 7.12. The van der Waals surface area contributed by atoms with E-state index < -0.39 is 11.4 Å². The van der Waals surface area contributed by atoms with E-state index >= 15 is 0 Å². The number of carboxylic acids is 1. The Bertz CT molecular complexity index is 1230. The molecular formula is C17H11FN2O3S. The molecule has 0 radical (unpaired) electrons. The van der Waals surface area contributed by atoms with Gasteiger partial charge in [0.15, 0.2) is 0 Å². The molecule has 2 N–H and O–H groups in total. The molecule has 120 valence electrons. The van der Waals surface area contributed by atoms with Crippen LogP contribution in [0.25, 0.3) is 31.3 Å². The summed E-state index contributed by atoms with van der Waals surface area (Å²) in [6.07, 6.45) is 3.42. The lowest BCUT2D eigenvalue weighted by Crippen LogP contribution is -2.17. The summed E-state index contributed by atoms with van der Waals surface area (Å²) < 4.78 is 16.2. The van der Waals surface area contributed by atoms with Crippen molar-refractivity contribution in [3.63, 3.8) is 0 Å². The van der Waals surface area contributed by atoms with Gasteiger partial charge in [-0.3, -0.25) is 4.79 Å². The SMILES string of the molecule is O=C(O)c1cn(C2CC2)c2sc3c4ccc(F)cc4[nH]c3c2c1=O. The number of aromatic amines is 1. The molecular weight excluding hydrogens is 331 g/mol. The first-order valence-corrected chi connectivity index (χ1v) is 8.38. The summed E-state index contributed by atoms with van der Waals surface area (Å²) in [7, 11) is 0. The summed E-state index contributed by atoms with van der Waals surface area (Å²) in [6, 6.07) is 4.70. The van der Waals surface area contributed by atoms with Gasteiger partial charge < -0.3 is 14.7 Å².